The molecular formula is C17H16ClNO3S. The van der Waals surface area contributed by atoms with Gasteiger partial charge in [-0.3, -0.25) is 10.1 Å². The Bertz CT molecular complexity index is 710. The second kappa shape index (κ2) is 7.25. The Hall–Kier alpha value is -1.69. The number of hydrogen-bond donors (Lipinski definition) is 2. The molecule has 2 N–H and O–H groups in total. The fraction of sp³-hybridized carbons (Fsp3) is 0.235. The fourth-order valence-electron chi connectivity index (χ4n) is 2.41. The minimum Gasteiger partial charge on any atom is -0.489 e. The molecule has 0 spiro atoms. The SMILES string of the molecule is O=C(O)[C@H]1CS[C@H](c2ccccc2OCc2cccc(Cl)c2)N1. The summed E-state index contributed by atoms with van der Waals surface area (Å²) in [4.78, 5) is 11.1. The van der Waals surface area contributed by atoms with Gasteiger partial charge in [0.1, 0.15) is 18.4 Å². The van der Waals surface area contributed by atoms with E-state index >= 15 is 0 Å². The van der Waals surface area contributed by atoms with Gasteiger partial charge in [-0.15, -0.1) is 11.8 Å². The second-order valence-corrected chi connectivity index (χ2v) is 6.80. The van der Waals surface area contributed by atoms with Crippen LogP contribution in [0.15, 0.2) is 48.5 Å². The van der Waals surface area contributed by atoms with Crippen molar-refractivity contribution in [3.05, 3.63) is 64.7 Å². The molecule has 6 heteroatoms. The number of halogens is 1. The molecule has 2 aromatic rings. The molecule has 0 aliphatic carbocycles. The van der Waals surface area contributed by atoms with Gasteiger partial charge in [-0.05, 0) is 23.8 Å². The van der Waals surface area contributed by atoms with Crippen molar-refractivity contribution in [1.29, 1.82) is 0 Å². The van der Waals surface area contributed by atoms with Gasteiger partial charge in [-0.1, -0.05) is 41.9 Å². The molecule has 23 heavy (non-hydrogen) atoms. The molecule has 0 saturated carbocycles. The lowest BCUT2D eigenvalue weighted by atomic mass is 10.2. The van der Waals surface area contributed by atoms with Crippen molar-refractivity contribution < 1.29 is 14.6 Å². The smallest absolute Gasteiger partial charge is 0.321 e. The van der Waals surface area contributed by atoms with Crippen LogP contribution in [-0.4, -0.2) is 22.9 Å². The standard InChI is InChI=1S/C17H16ClNO3S/c18-12-5-3-4-11(8-12)9-22-15-7-2-1-6-13(15)16-19-14(10-23-16)17(20)21/h1-8,14,16,19H,9-10H2,(H,20,21)/t14-,16-/m1/s1. The molecule has 2 atom stereocenters. The minimum absolute atomic E-state index is 0.0772. The summed E-state index contributed by atoms with van der Waals surface area (Å²) in [6.45, 7) is 0.414. The van der Waals surface area contributed by atoms with Crippen molar-refractivity contribution in [1.82, 2.24) is 5.32 Å². The Balaban J connectivity index is 1.72. The topological polar surface area (TPSA) is 58.6 Å². The number of benzene rings is 2. The average Bonchev–Trinajstić information content (AvgIpc) is 3.03. The third-order valence-corrected chi connectivity index (χ3v) is 5.05. The van der Waals surface area contributed by atoms with E-state index in [0.29, 0.717) is 17.4 Å². The third-order valence-electron chi connectivity index (χ3n) is 3.57. The van der Waals surface area contributed by atoms with Gasteiger partial charge in [0, 0.05) is 16.3 Å². The van der Waals surface area contributed by atoms with Gasteiger partial charge < -0.3 is 9.84 Å². The number of carboxylic acid groups (broad SMARTS) is 1. The van der Waals surface area contributed by atoms with E-state index < -0.39 is 12.0 Å². The summed E-state index contributed by atoms with van der Waals surface area (Å²) in [7, 11) is 0. The molecule has 0 bridgehead atoms. The van der Waals surface area contributed by atoms with Gasteiger partial charge in [0.15, 0.2) is 0 Å². The Labute approximate surface area is 143 Å². The van der Waals surface area contributed by atoms with Crippen LogP contribution in [0.25, 0.3) is 0 Å². The lowest BCUT2D eigenvalue weighted by Crippen LogP contribution is -2.33. The Morgan fingerprint density at radius 1 is 1.30 bits per heavy atom. The summed E-state index contributed by atoms with van der Waals surface area (Å²) in [6, 6.07) is 14.7. The van der Waals surface area contributed by atoms with Crippen LogP contribution in [0.4, 0.5) is 0 Å². The monoisotopic (exact) mass is 349 g/mol. The third kappa shape index (κ3) is 3.99. The predicted molar refractivity (Wildman–Crippen MR) is 92.0 cm³/mol. The van der Waals surface area contributed by atoms with Gasteiger partial charge >= 0.3 is 5.97 Å². The maximum absolute atomic E-state index is 11.1. The van der Waals surface area contributed by atoms with Crippen LogP contribution in [0.3, 0.4) is 0 Å². The maximum Gasteiger partial charge on any atom is 0.321 e. The van der Waals surface area contributed by atoms with Gasteiger partial charge in [0.2, 0.25) is 0 Å². The summed E-state index contributed by atoms with van der Waals surface area (Å²) in [5, 5.41) is 12.8. The highest BCUT2D eigenvalue weighted by atomic mass is 35.5. The van der Waals surface area contributed by atoms with Crippen molar-refractivity contribution in [3.63, 3.8) is 0 Å². The molecule has 0 radical (unpaired) electrons. The second-order valence-electron chi connectivity index (χ2n) is 5.23. The molecule has 1 heterocycles. The average molecular weight is 350 g/mol. The number of rotatable bonds is 5. The van der Waals surface area contributed by atoms with Crippen molar-refractivity contribution in [2.75, 3.05) is 5.75 Å². The molecule has 1 aliphatic rings. The number of para-hydroxylation sites is 1. The Morgan fingerprint density at radius 3 is 2.87 bits per heavy atom. The highest BCUT2D eigenvalue weighted by Crippen LogP contribution is 2.37. The Kier molecular flexibility index (Phi) is 5.10. The van der Waals surface area contributed by atoms with E-state index in [1.165, 1.54) is 0 Å². The molecular weight excluding hydrogens is 334 g/mol. The zero-order valence-corrected chi connectivity index (χ0v) is 13.8. The van der Waals surface area contributed by atoms with E-state index in [4.69, 9.17) is 21.4 Å². The highest BCUT2D eigenvalue weighted by molar-refractivity contribution is 7.99. The minimum atomic E-state index is -0.822. The van der Waals surface area contributed by atoms with Crippen LogP contribution in [0.2, 0.25) is 5.02 Å². The van der Waals surface area contributed by atoms with Crippen LogP contribution in [0.5, 0.6) is 5.75 Å². The number of carbonyl (C=O) groups is 1. The van der Waals surface area contributed by atoms with Gasteiger partial charge in [-0.25, -0.2) is 0 Å². The van der Waals surface area contributed by atoms with Gasteiger partial charge in [-0.2, -0.15) is 0 Å². The first-order chi connectivity index (χ1) is 11.1. The molecule has 2 aromatic carbocycles. The van der Waals surface area contributed by atoms with Crippen LogP contribution in [0, 0.1) is 0 Å². The molecule has 3 rings (SSSR count). The zero-order valence-electron chi connectivity index (χ0n) is 12.2. The van der Waals surface area contributed by atoms with E-state index in [1.54, 1.807) is 11.8 Å². The molecule has 0 amide bonds. The predicted octanol–water partition coefficient (Wildman–Crippen LogP) is 3.71. The van der Waals surface area contributed by atoms with Crippen LogP contribution < -0.4 is 10.1 Å². The molecule has 1 aliphatic heterocycles. The lowest BCUT2D eigenvalue weighted by molar-refractivity contribution is -0.138. The first-order valence-corrected chi connectivity index (χ1v) is 8.63. The number of carboxylic acids is 1. The van der Waals surface area contributed by atoms with Crippen molar-refractivity contribution in [2.45, 2.75) is 18.0 Å². The van der Waals surface area contributed by atoms with Crippen molar-refractivity contribution in [2.24, 2.45) is 0 Å². The fourth-order valence-corrected chi connectivity index (χ4v) is 3.88. The van der Waals surface area contributed by atoms with Crippen LogP contribution in [-0.2, 0) is 11.4 Å². The maximum atomic E-state index is 11.1. The number of hydrogen-bond acceptors (Lipinski definition) is 4. The van der Waals surface area contributed by atoms with Crippen LogP contribution in [0.1, 0.15) is 16.5 Å². The van der Waals surface area contributed by atoms with E-state index in [1.807, 2.05) is 48.5 Å². The number of aliphatic carboxylic acids is 1. The van der Waals surface area contributed by atoms with E-state index in [0.717, 1.165) is 16.9 Å². The summed E-state index contributed by atoms with van der Waals surface area (Å²) < 4.78 is 5.93. The number of nitrogens with one attached hydrogen (secondary N) is 1. The van der Waals surface area contributed by atoms with E-state index in [2.05, 4.69) is 5.32 Å². The number of thioether (sulfide) groups is 1. The first-order valence-electron chi connectivity index (χ1n) is 7.20. The van der Waals surface area contributed by atoms with Crippen LogP contribution >= 0.6 is 23.4 Å². The van der Waals surface area contributed by atoms with Gasteiger partial charge in [0.25, 0.3) is 0 Å². The quantitative estimate of drug-likeness (QED) is 0.861. The summed E-state index contributed by atoms with van der Waals surface area (Å²) in [5.74, 6) is 0.476. The molecule has 0 aromatic heterocycles. The summed E-state index contributed by atoms with van der Waals surface area (Å²) >= 11 is 7.56. The number of ether oxygens (including phenoxy) is 1. The van der Waals surface area contributed by atoms with Gasteiger partial charge in [0.05, 0.1) is 5.37 Å². The highest BCUT2D eigenvalue weighted by Gasteiger charge is 2.31. The summed E-state index contributed by atoms with van der Waals surface area (Å²) in [5.41, 5.74) is 1.95. The summed E-state index contributed by atoms with van der Waals surface area (Å²) in [6.07, 6.45) is 0. The molecule has 4 nitrogen and oxygen atoms in total. The van der Waals surface area contributed by atoms with Crippen molar-refractivity contribution in [3.8, 4) is 5.75 Å². The molecule has 0 unspecified atom stereocenters. The molecule has 1 fully saturated rings. The van der Waals surface area contributed by atoms with E-state index in [9.17, 15) is 4.79 Å². The largest absolute Gasteiger partial charge is 0.489 e. The Morgan fingerprint density at radius 2 is 2.13 bits per heavy atom. The molecule has 120 valence electrons. The van der Waals surface area contributed by atoms with E-state index in [-0.39, 0.29) is 5.37 Å². The zero-order chi connectivity index (χ0) is 16.2. The normalized spacial score (nSPS) is 20.4. The first kappa shape index (κ1) is 16.2. The lowest BCUT2D eigenvalue weighted by Gasteiger charge is -2.16. The van der Waals surface area contributed by atoms with Crippen molar-refractivity contribution >= 4 is 29.3 Å². The molecule has 1 saturated heterocycles.